The van der Waals surface area contributed by atoms with Gasteiger partial charge in [0, 0.05) is 12.1 Å². The van der Waals surface area contributed by atoms with Crippen LogP contribution in [0.2, 0.25) is 0 Å². The number of hydrogen-bond donors (Lipinski definition) is 2. The second-order valence-corrected chi connectivity index (χ2v) is 7.42. The Morgan fingerprint density at radius 1 is 1.33 bits per heavy atom. The third-order valence-corrected chi connectivity index (χ3v) is 6.02. The van der Waals surface area contributed by atoms with Crippen LogP contribution in [-0.4, -0.2) is 38.6 Å². The van der Waals surface area contributed by atoms with Crippen LogP contribution in [-0.2, 0) is 14.8 Å². The van der Waals surface area contributed by atoms with Gasteiger partial charge in [0.1, 0.15) is 4.90 Å². The van der Waals surface area contributed by atoms with E-state index in [1.165, 1.54) is 7.05 Å². The van der Waals surface area contributed by atoms with Gasteiger partial charge in [-0.25, -0.2) is 13.1 Å². The summed E-state index contributed by atoms with van der Waals surface area (Å²) in [5, 5.41) is 9.32. The summed E-state index contributed by atoms with van der Waals surface area (Å²) in [6.45, 7) is 0. The van der Waals surface area contributed by atoms with Crippen molar-refractivity contribution in [3.05, 3.63) is 24.3 Å². The van der Waals surface area contributed by atoms with Crippen molar-refractivity contribution in [1.29, 1.82) is 0 Å². The topological polar surface area (TPSA) is 86.7 Å². The zero-order chi connectivity index (χ0) is 15.2. The highest BCUT2D eigenvalue weighted by Crippen LogP contribution is 2.46. The first kappa shape index (κ1) is 14.3. The number of nitrogens with zero attached hydrogens (tertiary/aromatic N) is 1. The number of fused-ring (bicyclic) bond motifs is 2. The van der Waals surface area contributed by atoms with E-state index in [4.69, 9.17) is 0 Å². The maximum absolute atomic E-state index is 12.2. The number of nitrogens with one attached hydrogen (secondary N) is 1. The number of rotatable bonds is 4. The summed E-state index contributed by atoms with van der Waals surface area (Å²) >= 11 is 0. The molecule has 2 saturated heterocycles. The summed E-state index contributed by atoms with van der Waals surface area (Å²) < 4.78 is 26.7. The molecule has 0 aromatic heterocycles. The van der Waals surface area contributed by atoms with Gasteiger partial charge in [-0.05, 0) is 38.4 Å². The van der Waals surface area contributed by atoms with Gasteiger partial charge < -0.3 is 10.0 Å². The summed E-state index contributed by atoms with van der Waals surface area (Å²) in [6, 6.07) is 6.80. The minimum atomic E-state index is -3.56. The van der Waals surface area contributed by atoms with Crippen molar-refractivity contribution in [3.8, 4) is 0 Å². The highest BCUT2D eigenvalue weighted by atomic mass is 32.2. The molecule has 1 aromatic rings. The summed E-state index contributed by atoms with van der Waals surface area (Å²) in [5.41, 5.74) is 0.614. The third kappa shape index (κ3) is 2.20. The highest BCUT2D eigenvalue weighted by Gasteiger charge is 2.50. The molecule has 3 rings (SSSR count). The Balaban J connectivity index is 2.05. The number of sulfonamides is 1. The number of carboxylic acids is 1. The number of benzene rings is 1. The molecule has 3 atom stereocenters. The molecule has 2 aliphatic heterocycles. The van der Waals surface area contributed by atoms with Crippen LogP contribution >= 0.6 is 0 Å². The van der Waals surface area contributed by atoms with E-state index in [0.29, 0.717) is 12.1 Å². The van der Waals surface area contributed by atoms with E-state index in [1.807, 2.05) is 4.90 Å². The fraction of sp³-hybridized carbons (Fsp3) is 0.500. The lowest BCUT2D eigenvalue weighted by Crippen LogP contribution is -2.34. The molecular formula is C14H18N2O4S. The van der Waals surface area contributed by atoms with Crippen molar-refractivity contribution < 1.29 is 18.3 Å². The monoisotopic (exact) mass is 310 g/mol. The molecule has 114 valence electrons. The lowest BCUT2D eigenvalue weighted by Gasteiger charge is -2.27. The Labute approximate surface area is 123 Å². The van der Waals surface area contributed by atoms with Gasteiger partial charge in [-0.2, -0.15) is 0 Å². The first-order valence-electron chi connectivity index (χ1n) is 6.99. The van der Waals surface area contributed by atoms with Crippen LogP contribution in [0, 0.1) is 5.92 Å². The molecule has 0 amide bonds. The quantitative estimate of drug-likeness (QED) is 0.867. The largest absolute Gasteiger partial charge is 0.481 e. The zero-order valence-electron chi connectivity index (χ0n) is 11.7. The molecule has 7 heteroatoms. The van der Waals surface area contributed by atoms with E-state index in [0.717, 1.165) is 12.8 Å². The van der Waals surface area contributed by atoms with Crippen molar-refractivity contribution in [3.63, 3.8) is 0 Å². The van der Waals surface area contributed by atoms with E-state index < -0.39 is 21.9 Å². The first-order valence-corrected chi connectivity index (χ1v) is 8.47. The van der Waals surface area contributed by atoms with Gasteiger partial charge >= 0.3 is 5.97 Å². The Hall–Kier alpha value is -1.60. The smallest absolute Gasteiger partial charge is 0.308 e. The Bertz CT molecular complexity index is 673. The molecule has 0 spiro atoms. The Kier molecular flexibility index (Phi) is 3.41. The number of aliphatic carboxylic acids is 1. The molecular weight excluding hydrogens is 292 g/mol. The molecule has 2 N–H and O–H groups in total. The molecule has 2 aliphatic rings. The van der Waals surface area contributed by atoms with E-state index in [9.17, 15) is 18.3 Å². The number of hydrogen-bond acceptors (Lipinski definition) is 4. The first-order chi connectivity index (χ1) is 9.95. The van der Waals surface area contributed by atoms with E-state index in [2.05, 4.69) is 4.72 Å². The lowest BCUT2D eigenvalue weighted by molar-refractivity contribution is -0.142. The Morgan fingerprint density at radius 2 is 2.05 bits per heavy atom. The molecule has 0 radical (unpaired) electrons. The van der Waals surface area contributed by atoms with Gasteiger partial charge in [-0.15, -0.1) is 0 Å². The summed E-state index contributed by atoms with van der Waals surface area (Å²) in [7, 11) is -2.18. The predicted molar refractivity (Wildman–Crippen MR) is 77.7 cm³/mol. The molecule has 2 fully saturated rings. The third-order valence-electron chi connectivity index (χ3n) is 4.56. The minimum Gasteiger partial charge on any atom is -0.481 e. The molecule has 6 nitrogen and oxygen atoms in total. The van der Waals surface area contributed by atoms with Gasteiger partial charge in [-0.3, -0.25) is 4.79 Å². The van der Waals surface area contributed by atoms with Crippen LogP contribution in [0.5, 0.6) is 0 Å². The van der Waals surface area contributed by atoms with E-state index in [1.54, 1.807) is 24.3 Å². The molecule has 0 aliphatic carbocycles. The van der Waals surface area contributed by atoms with Crippen LogP contribution in [0.15, 0.2) is 29.2 Å². The number of para-hydroxylation sites is 1. The van der Waals surface area contributed by atoms with Gasteiger partial charge in [0.25, 0.3) is 0 Å². The van der Waals surface area contributed by atoms with Crippen LogP contribution in [0.25, 0.3) is 0 Å². The van der Waals surface area contributed by atoms with Crippen LogP contribution in [0.4, 0.5) is 5.69 Å². The fourth-order valence-corrected chi connectivity index (χ4v) is 4.56. The maximum atomic E-state index is 12.2. The van der Waals surface area contributed by atoms with E-state index >= 15 is 0 Å². The molecule has 2 bridgehead atoms. The van der Waals surface area contributed by atoms with Crippen molar-refractivity contribution >= 4 is 21.7 Å². The number of carboxylic acid groups (broad SMARTS) is 1. The van der Waals surface area contributed by atoms with Crippen molar-refractivity contribution in [2.45, 2.75) is 36.2 Å². The molecule has 0 saturated carbocycles. The van der Waals surface area contributed by atoms with Crippen LogP contribution in [0.1, 0.15) is 19.3 Å². The fourth-order valence-electron chi connectivity index (χ4n) is 3.64. The van der Waals surface area contributed by atoms with Gasteiger partial charge in [0.05, 0.1) is 11.6 Å². The predicted octanol–water partition coefficient (Wildman–Crippen LogP) is 1.04. The highest BCUT2D eigenvalue weighted by molar-refractivity contribution is 7.89. The Morgan fingerprint density at radius 3 is 2.67 bits per heavy atom. The summed E-state index contributed by atoms with van der Waals surface area (Å²) in [4.78, 5) is 13.6. The van der Waals surface area contributed by atoms with Crippen molar-refractivity contribution in [2.24, 2.45) is 5.92 Å². The summed E-state index contributed by atoms with van der Waals surface area (Å²) in [5.74, 6) is -1.20. The summed E-state index contributed by atoms with van der Waals surface area (Å²) in [6.07, 6.45) is 2.31. The number of anilines is 1. The second kappa shape index (κ2) is 4.99. The molecule has 1 aromatic carbocycles. The average molecular weight is 310 g/mol. The standard InChI is InChI=1S/C14H18N2O4S/c1-15-21(19,20)13-5-3-2-4-12(13)16-9-6-7-11(16)10(8-9)14(17)18/h2-5,9-11,15H,6-8H2,1H3,(H,17,18). The molecule has 21 heavy (non-hydrogen) atoms. The number of carbonyl (C=O) groups is 1. The normalized spacial score (nSPS) is 28.0. The van der Waals surface area contributed by atoms with Crippen LogP contribution in [0.3, 0.4) is 0 Å². The van der Waals surface area contributed by atoms with E-state index in [-0.39, 0.29) is 17.0 Å². The minimum absolute atomic E-state index is 0.110. The van der Waals surface area contributed by atoms with Crippen molar-refractivity contribution in [2.75, 3.05) is 11.9 Å². The van der Waals surface area contributed by atoms with Gasteiger partial charge in [0.2, 0.25) is 10.0 Å². The maximum Gasteiger partial charge on any atom is 0.308 e. The van der Waals surface area contributed by atoms with Gasteiger partial charge in [-0.1, -0.05) is 12.1 Å². The van der Waals surface area contributed by atoms with Gasteiger partial charge in [0.15, 0.2) is 0 Å². The van der Waals surface area contributed by atoms with Crippen molar-refractivity contribution in [1.82, 2.24) is 4.72 Å². The molecule has 3 unspecified atom stereocenters. The lowest BCUT2D eigenvalue weighted by atomic mass is 9.89. The van der Waals surface area contributed by atoms with Crippen LogP contribution < -0.4 is 9.62 Å². The SMILES string of the molecule is CNS(=O)(=O)c1ccccc1N1C2CCC1C(C(=O)O)C2. The molecule has 2 heterocycles. The average Bonchev–Trinajstić information content (AvgIpc) is 3.05. The zero-order valence-corrected chi connectivity index (χ0v) is 12.5. The second-order valence-electron chi connectivity index (χ2n) is 5.56.